The molecule has 0 aliphatic carbocycles. The van der Waals surface area contributed by atoms with Crippen LogP contribution in [0.2, 0.25) is 5.02 Å². The monoisotopic (exact) mass is 272 g/mol. The summed E-state index contributed by atoms with van der Waals surface area (Å²) in [5.74, 6) is -0.582. The summed E-state index contributed by atoms with van der Waals surface area (Å²) in [6, 6.07) is 4.26. The topological polar surface area (TPSA) is 41.1 Å². The summed E-state index contributed by atoms with van der Waals surface area (Å²) in [6.45, 7) is 6.05. The number of amides is 1. The van der Waals surface area contributed by atoms with E-state index in [1.54, 1.807) is 6.07 Å². The third kappa shape index (κ3) is 4.53. The Morgan fingerprint density at radius 1 is 1.44 bits per heavy atom. The third-order valence-electron chi connectivity index (χ3n) is 2.73. The molecule has 5 heteroatoms. The van der Waals surface area contributed by atoms with Crippen molar-refractivity contribution in [1.29, 1.82) is 0 Å². The van der Waals surface area contributed by atoms with Crippen LogP contribution in [0.4, 0.5) is 10.1 Å². The van der Waals surface area contributed by atoms with Crippen LogP contribution < -0.4 is 10.6 Å². The molecule has 18 heavy (non-hydrogen) atoms. The summed E-state index contributed by atoms with van der Waals surface area (Å²) in [4.78, 5) is 11.7. The SMILES string of the molecule is CCC(C)(C)NC(=O)CNc1ccc(F)c(Cl)c1. The summed E-state index contributed by atoms with van der Waals surface area (Å²) in [6.07, 6.45) is 0.848. The molecule has 0 aliphatic heterocycles. The van der Waals surface area contributed by atoms with Gasteiger partial charge in [0, 0.05) is 11.2 Å². The van der Waals surface area contributed by atoms with Crippen molar-refractivity contribution in [3.63, 3.8) is 0 Å². The van der Waals surface area contributed by atoms with Crippen molar-refractivity contribution < 1.29 is 9.18 Å². The highest BCUT2D eigenvalue weighted by Gasteiger charge is 2.17. The molecule has 1 aromatic carbocycles. The average molecular weight is 273 g/mol. The van der Waals surface area contributed by atoms with Crippen molar-refractivity contribution in [2.45, 2.75) is 32.7 Å². The second kappa shape index (κ2) is 6.05. The van der Waals surface area contributed by atoms with E-state index >= 15 is 0 Å². The first kappa shape index (κ1) is 14.8. The Morgan fingerprint density at radius 2 is 2.11 bits per heavy atom. The second-order valence-corrected chi connectivity index (χ2v) is 5.18. The molecule has 0 bridgehead atoms. The van der Waals surface area contributed by atoms with Gasteiger partial charge >= 0.3 is 0 Å². The largest absolute Gasteiger partial charge is 0.376 e. The highest BCUT2D eigenvalue weighted by atomic mass is 35.5. The van der Waals surface area contributed by atoms with E-state index < -0.39 is 5.82 Å². The van der Waals surface area contributed by atoms with Gasteiger partial charge in [0.1, 0.15) is 5.82 Å². The average Bonchev–Trinajstić information content (AvgIpc) is 2.30. The Labute approximate surface area is 112 Å². The molecule has 0 saturated heterocycles. The Morgan fingerprint density at radius 3 is 2.67 bits per heavy atom. The van der Waals surface area contributed by atoms with E-state index in [9.17, 15) is 9.18 Å². The molecule has 1 aromatic rings. The molecule has 0 atom stereocenters. The number of carbonyl (C=O) groups is 1. The third-order valence-corrected chi connectivity index (χ3v) is 3.02. The van der Waals surface area contributed by atoms with Gasteiger partial charge in [-0.25, -0.2) is 4.39 Å². The van der Waals surface area contributed by atoms with Crippen LogP contribution in [0.25, 0.3) is 0 Å². The molecule has 0 aromatic heterocycles. The maximum Gasteiger partial charge on any atom is 0.239 e. The van der Waals surface area contributed by atoms with Crippen LogP contribution in [0.15, 0.2) is 18.2 Å². The van der Waals surface area contributed by atoms with Crippen LogP contribution in [-0.4, -0.2) is 18.0 Å². The first-order valence-corrected chi connectivity index (χ1v) is 6.22. The molecule has 2 N–H and O–H groups in total. The van der Waals surface area contributed by atoms with Crippen molar-refractivity contribution in [1.82, 2.24) is 5.32 Å². The second-order valence-electron chi connectivity index (χ2n) is 4.77. The fourth-order valence-corrected chi connectivity index (χ4v) is 1.48. The van der Waals surface area contributed by atoms with Crippen molar-refractivity contribution >= 4 is 23.2 Å². The van der Waals surface area contributed by atoms with Crippen LogP contribution in [0.5, 0.6) is 0 Å². The zero-order valence-corrected chi connectivity index (χ0v) is 11.6. The molecular weight excluding hydrogens is 255 g/mol. The highest BCUT2D eigenvalue weighted by molar-refractivity contribution is 6.31. The minimum Gasteiger partial charge on any atom is -0.376 e. The van der Waals surface area contributed by atoms with E-state index in [2.05, 4.69) is 10.6 Å². The van der Waals surface area contributed by atoms with E-state index in [1.165, 1.54) is 12.1 Å². The predicted octanol–water partition coefficient (Wildman–Crippen LogP) is 3.20. The molecule has 0 fully saturated rings. The van der Waals surface area contributed by atoms with Gasteiger partial charge in [-0.15, -0.1) is 0 Å². The van der Waals surface area contributed by atoms with Gasteiger partial charge in [-0.2, -0.15) is 0 Å². The van der Waals surface area contributed by atoms with Crippen molar-refractivity contribution in [2.24, 2.45) is 0 Å². The lowest BCUT2D eigenvalue weighted by atomic mass is 10.0. The Balaban J connectivity index is 2.50. The minimum atomic E-state index is -0.473. The van der Waals surface area contributed by atoms with Crippen LogP contribution in [0.1, 0.15) is 27.2 Å². The molecule has 1 amide bonds. The zero-order valence-electron chi connectivity index (χ0n) is 10.8. The lowest BCUT2D eigenvalue weighted by Gasteiger charge is -2.24. The first-order valence-electron chi connectivity index (χ1n) is 5.84. The standard InChI is InChI=1S/C13H18ClFN2O/c1-4-13(2,3)17-12(18)8-16-9-5-6-11(15)10(14)7-9/h5-7,16H,4,8H2,1-3H3,(H,17,18). The number of nitrogens with one attached hydrogen (secondary N) is 2. The lowest BCUT2D eigenvalue weighted by molar-refractivity contribution is -0.121. The molecule has 3 nitrogen and oxygen atoms in total. The molecule has 0 heterocycles. The summed E-state index contributed by atoms with van der Waals surface area (Å²) >= 11 is 5.64. The number of halogens is 2. The summed E-state index contributed by atoms with van der Waals surface area (Å²) in [5.41, 5.74) is 0.394. The smallest absolute Gasteiger partial charge is 0.239 e. The van der Waals surface area contributed by atoms with Crippen LogP contribution in [0, 0.1) is 5.82 Å². The van der Waals surface area contributed by atoms with Crippen LogP contribution >= 0.6 is 11.6 Å². The van der Waals surface area contributed by atoms with Crippen molar-refractivity contribution in [3.05, 3.63) is 29.0 Å². The normalized spacial score (nSPS) is 11.2. The molecule has 0 unspecified atom stereocenters. The van der Waals surface area contributed by atoms with Gasteiger partial charge in [0.05, 0.1) is 11.6 Å². The number of benzene rings is 1. The van der Waals surface area contributed by atoms with Gasteiger partial charge < -0.3 is 10.6 Å². The zero-order chi connectivity index (χ0) is 13.8. The van der Waals surface area contributed by atoms with E-state index in [1.807, 2.05) is 20.8 Å². The highest BCUT2D eigenvalue weighted by Crippen LogP contribution is 2.19. The molecule has 100 valence electrons. The van der Waals surface area contributed by atoms with Crippen LogP contribution in [-0.2, 0) is 4.79 Å². The number of anilines is 1. The maximum absolute atomic E-state index is 12.9. The van der Waals surface area contributed by atoms with Crippen LogP contribution in [0.3, 0.4) is 0 Å². The minimum absolute atomic E-state index is 0.0364. The number of rotatable bonds is 5. The molecule has 0 aliphatic rings. The Kier molecular flexibility index (Phi) is 4.96. The molecular formula is C13H18ClFN2O. The molecule has 0 radical (unpaired) electrons. The van der Waals surface area contributed by atoms with Crippen molar-refractivity contribution in [2.75, 3.05) is 11.9 Å². The first-order chi connectivity index (χ1) is 8.34. The lowest BCUT2D eigenvalue weighted by Crippen LogP contribution is -2.45. The number of hydrogen-bond acceptors (Lipinski definition) is 2. The van der Waals surface area contributed by atoms with Gasteiger partial charge in [0.2, 0.25) is 5.91 Å². The summed E-state index contributed by atoms with van der Waals surface area (Å²) in [7, 11) is 0. The fourth-order valence-electron chi connectivity index (χ4n) is 1.30. The molecule has 1 rings (SSSR count). The molecule has 0 saturated carbocycles. The number of carbonyl (C=O) groups excluding carboxylic acids is 1. The Bertz CT molecular complexity index is 435. The van der Waals surface area contributed by atoms with Gasteiger partial charge in [-0.05, 0) is 38.5 Å². The van der Waals surface area contributed by atoms with Gasteiger partial charge in [-0.1, -0.05) is 18.5 Å². The van der Waals surface area contributed by atoms with Gasteiger partial charge in [-0.3, -0.25) is 4.79 Å². The van der Waals surface area contributed by atoms with E-state index in [-0.39, 0.29) is 23.0 Å². The molecule has 0 spiro atoms. The summed E-state index contributed by atoms with van der Waals surface area (Å²) < 4.78 is 12.9. The fraction of sp³-hybridized carbons (Fsp3) is 0.462. The van der Waals surface area contributed by atoms with Gasteiger partial charge in [0.25, 0.3) is 0 Å². The van der Waals surface area contributed by atoms with E-state index in [0.29, 0.717) is 5.69 Å². The maximum atomic E-state index is 12.9. The van der Waals surface area contributed by atoms with Crippen molar-refractivity contribution in [3.8, 4) is 0 Å². The van der Waals surface area contributed by atoms with E-state index in [4.69, 9.17) is 11.6 Å². The quantitative estimate of drug-likeness (QED) is 0.864. The van der Waals surface area contributed by atoms with E-state index in [0.717, 1.165) is 6.42 Å². The summed E-state index contributed by atoms with van der Waals surface area (Å²) in [5, 5.41) is 5.83. The van der Waals surface area contributed by atoms with Gasteiger partial charge in [0.15, 0.2) is 0 Å². The number of hydrogen-bond donors (Lipinski definition) is 2. The predicted molar refractivity (Wildman–Crippen MR) is 72.4 cm³/mol. The Hall–Kier alpha value is -1.29.